The Balaban J connectivity index is 1.28. The summed E-state index contributed by atoms with van der Waals surface area (Å²) in [5, 5.41) is 11.3. The maximum atomic E-state index is 14.2. The lowest BCUT2D eigenvalue weighted by atomic mass is 9.59. The zero-order valence-electron chi connectivity index (χ0n) is 24.7. The number of benzene rings is 2. The van der Waals surface area contributed by atoms with Gasteiger partial charge in [0.2, 0.25) is 11.8 Å². The summed E-state index contributed by atoms with van der Waals surface area (Å²) in [4.78, 5) is 58.6. The molecule has 9 heteroatoms. The average Bonchev–Trinajstić information content (AvgIpc) is 3.30. The van der Waals surface area contributed by atoms with Crippen molar-refractivity contribution in [2.45, 2.75) is 32.6 Å². The molecular weight excluding hydrogens is 560 g/mol. The maximum Gasteiger partial charge on any atom is 0.238 e. The fourth-order valence-corrected chi connectivity index (χ4v) is 7.67. The zero-order chi connectivity index (χ0) is 30.7. The number of carbonyl (C=O) groups is 4. The highest BCUT2D eigenvalue weighted by Gasteiger charge is 2.57. The van der Waals surface area contributed by atoms with Crippen molar-refractivity contribution in [2.24, 2.45) is 17.8 Å². The largest absolute Gasteiger partial charge is 0.504 e. The number of nitrogens with zero attached hydrogens (tertiary/aromatic N) is 2. The van der Waals surface area contributed by atoms with E-state index < -0.39 is 23.7 Å². The van der Waals surface area contributed by atoms with E-state index in [1.165, 1.54) is 11.0 Å². The standard InChI is InChI=1S/C35H34N2O7/c1-3-44-28-6-4-5-23(33(28)40)29-22-11-12-24-30(25(22)18-26-31(29)27(38)17-19(2)32(26)39)35(42)37(34(24)41)21-9-7-20(8-10-21)36-13-15-43-16-14-36/h4-11,17,24-25,29-30,40H,3,12-16,18H2,1-2H3. The Morgan fingerprint density at radius 1 is 0.955 bits per heavy atom. The lowest BCUT2D eigenvalue weighted by Crippen LogP contribution is -2.39. The molecule has 2 amide bonds. The predicted octanol–water partition coefficient (Wildman–Crippen LogP) is 4.26. The van der Waals surface area contributed by atoms with E-state index in [2.05, 4.69) is 4.90 Å². The summed E-state index contributed by atoms with van der Waals surface area (Å²) in [7, 11) is 0. The zero-order valence-corrected chi connectivity index (χ0v) is 24.7. The Kier molecular flexibility index (Phi) is 7.00. The number of para-hydroxylation sites is 1. The van der Waals surface area contributed by atoms with E-state index in [0.29, 0.717) is 54.2 Å². The molecule has 7 rings (SSSR count). The summed E-state index contributed by atoms with van der Waals surface area (Å²) < 4.78 is 11.1. The van der Waals surface area contributed by atoms with Gasteiger partial charge in [0.05, 0.1) is 37.3 Å². The number of ether oxygens (including phenoxy) is 2. The number of aromatic hydroxyl groups is 1. The molecule has 226 valence electrons. The Morgan fingerprint density at radius 3 is 2.41 bits per heavy atom. The number of imide groups is 1. The van der Waals surface area contributed by atoms with Crippen LogP contribution >= 0.6 is 0 Å². The number of phenols is 1. The molecule has 0 saturated carbocycles. The van der Waals surface area contributed by atoms with Gasteiger partial charge in [0.15, 0.2) is 23.1 Å². The van der Waals surface area contributed by atoms with E-state index in [1.807, 2.05) is 37.3 Å². The highest BCUT2D eigenvalue weighted by Crippen LogP contribution is 2.57. The number of hydrogen-bond acceptors (Lipinski definition) is 8. The van der Waals surface area contributed by atoms with Gasteiger partial charge in [0.1, 0.15) is 0 Å². The van der Waals surface area contributed by atoms with Crippen molar-refractivity contribution in [3.05, 3.63) is 82.5 Å². The van der Waals surface area contributed by atoms with E-state index in [0.717, 1.165) is 24.4 Å². The number of carbonyl (C=O) groups excluding carboxylic acids is 4. The molecule has 5 aliphatic rings. The van der Waals surface area contributed by atoms with Crippen LogP contribution in [0.3, 0.4) is 0 Å². The van der Waals surface area contributed by atoms with Gasteiger partial charge in [-0.25, -0.2) is 0 Å². The molecule has 0 spiro atoms. The molecule has 44 heavy (non-hydrogen) atoms. The second-order valence-electron chi connectivity index (χ2n) is 12.0. The highest BCUT2D eigenvalue weighted by molar-refractivity contribution is 6.25. The average molecular weight is 595 g/mol. The van der Waals surface area contributed by atoms with Gasteiger partial charge < -0.3 is 19.5 Å². The van der Waals surface area contributed by atoms with Crippen molar-refractivity contribution in [3.63, 3.8) is 0 Å². The van der Waals surface area contributed by atoms with Crippen molar-refractivity contribution < 1.29 is 33.8 Å². The van der Waals surface area contributed by atoms with Crippen molar-refractivity contribution in [3.8, 4) is 11.5 Å². The van der Waals surface area contributed by atoms with Gasteiger partial charge in [0.25, 0.3) is 0 Å². The molecule has 3 aliphatic carbocycles. The lowest BCUT2D eigenvalue weighted by Gasteiger charge is -2.42. The van der Waals surface area contributed by atoms with Crippen LogP contribution in [0.4, 0.5) is 11.4 Å². The third kappa shape index (κ3) is 4.32. The summed E-state index contributed by atoms with van der Waals surface area (Å²) >= 11 is 0. The van der Waals surface area contributed by atoms with Crippen LogP contribution in [0, 0.1) is 17.8 Å². The van der Waals surface area contributed by atoms with Gasteiger partial charge in [0, 0.05) is 47.0 Å². The Bertz CT molecular complexity index is 1680. The minimum absolute atomic E-state index is 0.0998. The first-order valence-corrected chi connectivity index (χ1v) is 15.3. The minimum Gasteiger partial charge on any atom is -0.504 e. The van der Waals surface area contributed by atoms with Gasteiger partial charge in [-0.1, -0.05) is 23.8 Å². The number of allylic oxidation sites excluding steroid dienone is 6. The van der Waals surface area contributed by atoms with Crippen LogP contribution < -0.4 is 14.5 Å². The molecule has 4 atom stereocenters. The van der Waals surface area contributed by atoms with Crippen LogP contribution in [0.1, 0.15) is 38.2 Å². The normalized spacial score (nSPS) is 26.7. The summed E-state index contributed by atoms with van der Waals surface area (Å²) in [6, 6.07) is 12.6. The van der Waals surface area contributed by atoms with Gasteiger partial charge in [-0.2, -0.15) is 0 Å². The van der Waals surface area contributed by atoms with Crippen LogP contribution in [0.25, 0.3) is 0 Å². The fourth-order valence-electron chi connectivity index (χ4n) is 7.67. The van der Waals surface area contributed by atoms with E-state index in [1.54, 1.807) is 25.1 Å². The van der Waals surface area contributed by atoms with Crippen molar-refractivity contribution in [1.82, 2.24) is 0 Å². The number of phenolic OH excluding ortho intramolecular Hbond substituents is 1. The van der Waals surface area contributed by atoms with E-state index in [-0.39, 0.29) is 41.3 Å². The Labute approximate surface area is 255 Å². The number of hydrogen-bond donors (Lipinski definition) is 1. The van der Waals surface area contributed by atoms with E-state index in [4.69, 9.17) is 9.47 Å². The maximum absolute atomic E-state index is 14.2. The van der Waals surface area contributed by atoms with Crippen LogP contribution in [-0.2, 0) is 23.9 Å². The molecule has 2 aliphatic heterocycles. The molecule has 0 bridgehead atoms. The topological polar surface area (TPSA) is 113 Å². The van der Waals surface area contributed by atoms with E-state index in [9.17, 15) is 24.3 Å². The molecule has 1 N–H and O–H groups in total. The molecule has 2 fully saturated rings. The first-order valence-electron chi connectivity index (χ1n) is 15.3. The predicted molar refractivity (Wildman–Crippen MR) is 163 cm³/mol. The summed E-state index contributed by atoms with van der Waals surface area (Å²) in [6.45, 7) is 6.63. The molecule has 2 aromatic carbocycles. The molecule has 2 aromatic rings. The smallest absolute Gasteiger partial charge is 0.238 e. The minimum atomic E-state index is -0.740. The fraction of sp³-hybridized carbons (Fsp3) is 0.371. The number of anilines is 2. The monoisotopic (exact) mass is 594 g/mol. The molecule has 4 unspecified atom stereocenters. The molecule has 9 nitrogen and oxygen atoms in total. The number of fused-ring (bicyclic) bond motifs is 3. The SMILES string of the molecule is CCOc1cccc(C2C3=CCC4C(=O)N(c5ccc(N6CCOCC6)cc5)C(=O)C4C3CC3=C2C(=O)C=C(C)C3=O)c1O. The number of ketones is 2. The quantitative estimate of drug-likeness (QED) is 0.311. The van der Waals surface area contributed by atoms with Crippen molar-refractivity contribution in [1.29, 1.82) is 0 Å². The van der Waals surface area contributed by atoms with Gasteiger partial charge in [-0.05, 0) is 69.0 Å². The third-order valence-corrected chi connectivity index (χ3v) is 9.69. The lowest BCUT2D eigenvalue weighted by molar-refractivity contribution is -0.123. The second kappa shape index (κ2) is 10.9. The number of rotatable bonds is 5. The van der Waals surface area contributed by atoms with Crippen LogP contribution in [-0.4, -0.2) is 61.4 Å². The third-order valence-electron chi connectivity index (χ3n) is 9.69. The van der Waals surface area contributed by atoms with Gasteiger partial charge >= 0.3 is 0 Å². The highest BCUT2D eigenvalue weighted by atomic mass is 16.5. The number of morpholine rings is 1. The van der Waals surface area contributed by atoms with Gasteiger partial charge in [-0.15, -0.1) is 0 Å². The Hall–Kier alpha value is -4.50. The summed E-state index contributed by atoms with van der Waals surface area (Å²) in [6.07, 6.45) is 3.82. The molecule has 0 aromatic heterocycles. The first kappa shape index (κ1) is 28.3. The van der Waals surface area contributed by atoms with Crippen molar-refractivity contribution >= 4 is 34.8 Å². The van der Waals surface area contributed by atoms with E-state index >= 15 is 0 Å². The van der Waals surface area contributed by atoms with Crippen LogP contribution in [0.2, 0.25) is 0 Å². The number of Topliss-reactive ketones (excluding diaryl/α,β-unsaturated/α-hetero) is 1. The van der Waals surface area contributed by atoms with Gasteiger partial charge in [-0.3, -0.25) is 24.1 Å². The van der Waals surface area contributed by atoms with Crippen molar-refractivity contribution in [2.75, 3.05) is 42.7 Å². The van der Waals surface area contributed by atoms with Crippen LogP contribution in [0.5, 0.6) is 11.5 Å². The molecule has 2 saturated heterocycles. The molecule has 2 heterocycles. The summed E-state index contributed by atoms with van der Waals surface area (Å²) in [5.41, 5.74) is 3.79. The Morgan fingerprint density at radius 2 is 1.68 bits per heavy atom. The molecular formula is C35H34N2O7. The summed E-state index contributed by atoms with van der Waals surface area (Å²) in [5.74, 6) is -3.38. The number of amides is 2. The van der Waals surface area contributed by atoms with Crippen LogP contribution in [0.15, 0.2) is 76.9 Å². The first-order chi connectivity index (χ1) is 21.3. The molecule has 0 radical (unpaired) electrons. The second-order valence-corrected chi connectivity index (χ2v) is 12.0.